The number of nitrogens with one attached hydrogen (secondary N) is 1. The Labute approximate surface area is 132 Å². The maximum atomic E-state index is 4.57. The van der Waals surface area contributed by atoms with E-state index >= 15 is 0 Å². The van der Waals surface area contributed by atoms with Crippen molar-refractivity contribution < 1.29 is 0 Å². The summed E-state index contributed by atoms with van der Waals surface area (Å²) in [6.45, 7) is 4.34. The summed E-state index contributed by atoms with van der Waals surface area (Å²) in [5.74, 6) is 0.623. The van der Waals surface area contributed by atoms with E-state index in [1.54, 1.807) is 0 Å². The summed E-state index contributed by atoms with van der Waals surface area (Å²) in [6, 6.07) is 8.56. The van der Waals surface area contributed by atoms with Gasteiger partial charge in [0.05, 0.1) is 12.0 Å². The van der Waals surface area contributed by atoms with Gasteiger partial charge in [0.25, 0.3) is 0 Å². The lowest BCUT2D eigenvalue weighted by atomic mass is 9.95. The van der Waals surface area contributed by atoms with Crippen molar-refractivity contribution in [2.75, 3.05) is 13.1 Å². The zero-order valence-electron chi connectivity index (χ0n) is 11.6. The fraction of sp³-hybridized carbons (Fsp3) is 0.400. The molecule has 1 fully saturated rings. The number of hydrogen-bond donors (Lipinski definition) is 1. The number of nitrogens with zero attached hydrogens (tertiary/aromatic N) is 2. The number of hydrogen-bond acceptors (Lipinski definition) is 2. The molecule has 0 amide bonds. The largest absolute Gasteiger partial charge is 0.317 e. The number of aryl methyl sites for hydroxylation is 1. The Hall–Kier alpha value is -1.03. The number of rotatable bonds is 2. The lowest BCUT2D eigenvalue weighted by Crippen LogP contribution is -2.26. The Kier molecular flexibility index (Phi) is 6.53. The molecular formula is C15H21Cl2N3. The molecule has 1 aromatic heterocycles. The third kappa shape index (κ3) is 3.75. The molecule has 2 aromatic rings. The summed E-state index contributed by atoms with van der Waals surface area (Å²) in [5, 5.41) is 3.39. The van der Waals surface area contributed by atoms with Crippen LogP contribution in [0, 0.1) is 6.92 Å². The summed E-state index contributed by atoms with van der Waals surface area (Å²) in [5.41, 5.74) is 3.71. The van der Waals surface area contributed by atoms with Crippen LogP contribution < -0.4 is 5.32 Å². The molecule has 1 N–H and O–H groups in total. The van der Waals surface area contributed by atoms with Crippen LogP contribution in [-0.2, 0) is 0 Å². The number of imidazole rings is 1. The summed E-state index contributed by atoms with van der Waals surface area (Å²) in [6.07, 6.45) is 6.51. The lowest BCUT2D eigenvalue weighted by molar-refractivity contribution is 0.454. The molecule has 2 heterocycles. The van der Waals surface area contributed by atoms with Gasteiger partial charge < -0.3 is 9.88 Å². The van der Waals surface area contributed by atoms with E-state index in [1.807, 2.05) is 6.33 Å². The van der Waals surface area contributed by atoms with Gasteiger partial charge in [-0.3, -0.25) is 0 Å². The van der Waals surface area contributed by atoms with Crippen molar-refractivity contribution in [2.24, 2.45) is 0 Å². The highest BCUT2D eigenvalue weighted by Crippen LogP contribution is 2.24. The Morgan fingerprint density at radius 2 is 1.75 bits per heavy atom. The molecule has 0 radical (unpaired) electrons. The van der Waals surface area contributed by atoms with Gasteiger partial charge in [-0.2, -0.15) is 0 Å². The Balaban J connectivity index is 0.000001000. The lowest BCUT2D eigenvalue weighted by Gasteiger charge is -2.20. The number of aromatic nitrogens is 2. The molecule has 1 aliphatic rings. The van der Waals surface area contributed by atoms with E-state index in [0.717, 1.165) is 13.1 Å². The van der Waals surface area contributed by atoms with Crippen molar-refractivity contribution >= 4 is 24.8 Å². The third-order valence-electron chi connectivity index (χ3n) is 3.69. The molecule has 0 saturated carbocycles. The van der Waals surface area contributed by atoms with Gasteiger partial charge in [-0.25, -0.2) is 4.98 Å². The minimum atomic E-state index is 0. The van der Waals surface area contributed by atoms with Crippen molar-refractivity contribution in [1.29, 1.82) is 0 Å². The van der Waals surface area contributed by atoms with Crippen LogP contribution in [0.4, 0.5) is 0 Å². The minimum Gasteiger partial charge on any atom is -0.317 e. The van der Waals surface area contributed by atoms with Gasteiger partial charge in [-0.1, -0.05) is 17.7 Å². The van der Waals surface area contributed by atoms with E-state index in [9.17, 15) is 0 Å². The van der Waals surface area contributed by atoms with Crippen LogP contribution in [0.5, 0.6) is 0 Å². The highest BCUT2D eigenvalue weighted by atomic mass is 35.5. The van der Waals surface area contributed by atoms with Gasteiger partial charge in [0, 0.05) is 17.8 Å². The van der Waals surface area contributed by atoms with Gasteiger partial charge in [0.2, 0.25) is 0 Å². The first-order valence-corrected chi connectivity index (χ1v) is 6.64. The fourth-order valence-electron chi connectivity index (χ4n) is 2.52. The van der Waals surface area contributed by atoms with E-state index in [1.165, 1.54) is 29.8 Å². The maximum Gasteiger partial charge on any atom is 0.0995 e. The van der Waals surface area contributed by atoms with E-state index in [-0.39, 0.29) is 24.8 Å². The second-order valence-electron chi connectivity index (χ2n) is 5.07. The SMILES string of the molecule is Cc1ccc(-n2cnc(C3CCNCC3)c2)cc1.Cl.Cl. The van der Waals surface area contributed by atoms with E-state index in [0.29, 0.717) is 5.92 Å². The summed E-state index contributed by atoms with van der Waals surface area (Å²) in [7, 11) is 0. The second kappa shape index (κ2) is 7.67. The first-order valence-electron chi connectivity index (χ1n) is 6.64. The monoisotopic (exact) mass is 313 g/mol. The summed E-state index contributed by atoms with van der Waals surface area (Å²) in [4.78, 5) is 4.57. The molecule has 0 bridgehead atoms. The van der Waals surface area contributed by atoms with E-state index < -0.39 is 0 Å². The van der Waals surface area contributed by atoms with Crippen LogP contribution in [0.1, 0.15) is 30.0 Å². The molecule has 0 spiro atoms. The molecule has 0 aliphatic carbocycles. The molecule has 1 saturated heterocycles. The number of piperidine rings is 1. The Bertz CT molecular complexity index is 516. The Morgan fingerprint density at radius 3 is 2.40 bits per heavy atom. The average Bonchev–Trinajstić information content (AvgIpc) is 2.90. The van der Waals surface area contributed by atoms with Crippen LogP contribution in [-0.4, -0.2) is 22.6 Å². The summed E-state index contributed by atoms with van der Waals surface area (Å²) < 4.78 is 2.12. The van der Waals surface area contributed by atoms with Crippen LogP contribution in [0.3, 0.4) is 0 Å². The van der Waals surface area contributed by atoms with Crippen molar-refractivity contribution in [3.05, 3.63) is 48.0 Å². The normalized spacial score (nSPS) is 15.2. The predicted molar refractivity (Wildman–Crippen MR) is 87.6 cm³/mol. The highest BCUT2D eigenvalue weighted by Gasteiger charge is 2.17. The molecule has 0 atom stereocenters. The molecular weight excluding hydrogens is 293 g/mol. The molecule has 1 aliphatic heterocycles. The smallest absolute Gasteiger partial charge is 0.0995 e. The van der Waals surface area contributed by atoms with Crippen molar-refractivity contribution in [3.8, 4) is 5.69 Å². The predicted octanol–water partition coefficient (Wildman–Crippen LogP) is 3.49. The zero-order chi connectivity index (χ0) is 12.4. The maximum absolute atomic E-state index is 4.57. The van der Waals surface area contributed by atoms with Gasteiger partial charge in [0.1, 0.15) is 0 Å². The molecule has 1 aromatic carbocycles. The molecule has 20 heavy (non-hydrogen) atoms. The quantitative estimate of drug-likeness (QED) is 0.919. The van der Waals surface area contributed by atoms with Gasteiger partial charge in [-0.05, 0) is 45.0 Å². The molecule has 3 nitrogen and oxygen atoms in total. The number of benzene rings is 1. The Morgan fingerprint density at radius 1 is 1.10 bits per heavy atom. The van der Waals surface area contributed by atoms with E-state index in [4.69, 9.17) is 0 Å². The van der Waals surface area contributed by atoms with Gasteiger partial charge in [0.15, 0.2) is 0 Å². The van der Waals surface area contributed by atoms with Crippen LogP contribution in [0.25, 0.3) is 5.69 Å². The topological polar surface area (TPSA) is 29.9 Å². The third-order valence-corrected chi connectivity index (χ3v) is 3.69. The van der Waals surface area contributed by atoms with Crippen molar-refractivity contribution in [3.63, 3.8) is 0 Å². The van der Waals surface area contributed by atoms with Crippen LogP contribution in [0.2, 0.25) is 0 Å². The fourth-order valence-corrected chi connectivity index (χ4v) is 2.52. The van der Waals surface area contributed by atoms with Crippen molar-refractivity contribution in [1.82, 2.24) is 14.9 Å². The second-order valence-corrected chi connectivity index (χ2v) is 5.07. The van der Waals surface area contributed by atoms with Crippen LogP contribution in [0.15, 0.2) is 36.8 Å². The first-order chi connectivity index (χ1) is 8.83. The van der Waals surface area contributed by atoms with Crippen molar-refractivity contribution in [2.45, 2.75) is 25.7 Å². The molecule has 110 valence electrons. The molecule has 3 rings (SSSR count). The molecule has 0 unspecified atom stereocenters. The first kappa shape index (κ1) is 17.0. The minimum absolute atomic E-state index is 0. The average molecular weight is 314 g/mol. The zero-order valence-corrected chi connectivity index (χ0v) is 13.2. The van der Waals surface area contributed by atoms with Gasteiger partial charge >= 0.3 is 0 Å². The highest BCUT2D eigenvalue weighted by molar-refractivity contribution is 5.85. The molecule has 5 heteroatoms. The summed E-state index contributed by atoms with van der Waals surface area (Å²) >= 11 is 0. The van der Waals surface area contributed by atoms with E-state index in [2.05, 4.69) is 52.3 Å². The standard InChI is InChI=1S/C15H19N3.2ClH/c1-12-2-4-14(5-3-12)18-10-15(17-11-18)13-6-8-16-9-7-13;;/h2-5,10-11,13,16H,6-9H2,1H3;2*1H. The van der Waals surface area contributed by atoms with Gasteiger partial charge in [-0.15, -0.1) is 24.8 Å². The number of halogens is 2. The van der Waals surface area contributed by atoms with Crippen LogP contribution >= 0.6 is 24.8 Å².